The molecule has 0 atom stereocenters. The molecule has 0 fully saturated rings. The third kappa shape index (κ3) is 2.50. The van der Waals surface area contributed by atoms with Gasteiger partial charge in [-0.2, -0.15) is 0 Å². The van der Waals surface area contributed by atoms with Crippen LogP contribution >= 0.6 is 0 Å². The second kappa shape index (κ2) is 4.05. The zero-order valence-electron chi connectivity index (χ0n) is 8.14. The van der Waals surface area contributed by atoms with Crippen LogP contribution in [0, 0.1) is 0 Å². The van der Waals surface area contributed by atoms with E-state index in [2.05, 4.69) is 0 Å². The van der Waals surface area contributed by atoms with E-state index in [0.717, 1.165) is 17.5 Å². The summed E-state index contributed by atoms with van der Waals surface area (Å²) in [5, 5.41) is 21.8. The largest absolute Gasteiger partial charge is 0.290 e. The highest BCUT2D eigenvalue weighted by Crippen LogP contribution is 2.16. The molecule has 0 saturated heterocycles. The Morgan fingerprint density at radius 2 is 0.933 bits per heavy atom. The highest BCUT2D eigenvalue weighted by Gasteiger charge is 1.98. The maximum absolute atomic E-state index is 10.9. The van der Waals surface area contributed by atoms with Gasteiger partial charge in [-0.15, -0.1) is 0 Å². The van der Waals surface area contributed by atoms with Gasteiger partial charge in [-0.25, -0.2) is 0 Å². The summed E-state index contributed by atoms with van der Waals surface area (Å²) < 4.78 is 0. The zero-order valence-corrected chi connectivity index (χ0v) is 8.14. The number of benzene rings is 2. The fourth-order valence-electron chi connectivity index (χ4n) is 1.45. The summed E-state index contributed by atoms with van der Waals surface area (Å²) in [6, 6.07) is 13.5. The molecule has 74 valence electrons. The van der Waals surface area contributed by atoms with Gasteiger partial charge in [0, 0.05) is 0 Å². The van der Waals surface area contributed by atoms with Crippen molar-refractivity contribution in [2.75, 3.05) is 0 Å². The van der Waals surface area contributed by atoms with Gasteiger partial charge in [0.1, 0.15) is 0 Å². The average molecular weight is 198 g/mol. The fraction of sp³-hybridized carbons (Fsp3) is 0.0769. The lowest BCUT2D eigenvalue weighted by Gasteiger charge is -2.01. The van der Waals surface area contributed by atoms with Gasteiger partial charge in [0.15, 0.2) is 11.5 Å². The van der Waals surface area contributed by atoms with Crippen molar-refractivity contribution in [3.8, 4) is 11.5 Å². The molecule has 0 heterocycles. The molecule has 2 aromatic carbocycles. The molecule has 15 heavy (non-hydrogen) atoms. The molecule has 2 radical (unpaired) electrons. The Kier molecular flexibility index (Phi) is 2.59. The second-order valence-corrected chi connectivity index (χ2v) is 3.46. The van der Waals surface area contributed by atoms with Crippen LogP contribution in [0.15, 0.2) is 48.5 Å². The van der Waals surface area contributed by atoms with Crippen LogP contribution in [-0.2, 0) is 16.6 Å². The number of hydrogen-bond donors (Lipinski definition) is 0. The predicted molar refractivity (Wildman–Crippen MR) is 56.0 cm³/mol. The van der Waals surface area contributed by atoms with E-state index < -0.39 is 0 Å². The molecule has 0 unspecified atom stereocenters. The average Bonchev–Trinajstić information content (AvgIpc) is 2.25. The molecule has 0 amide bonds. The standard InChI is InChI=1S/C13H10O2/c14-12-5-1-10(2-6-12)9-11-3-7-13(15)8-4-11/h1-8H,9H2. The quantitative estimate of drug-likeness (QED) is 0.707. The summed E-state index contributed by atoms with van der Waals surface area (Å²) in [7, 11) is 0. The lowest BCUT2D eigenvalue weighted by Crippen LogP contribution is -1.86. The first kappa shape index (κ1) is 9.59. The molecular weight excluding hydrogens is 188 g/mol. The fourth-order valence-corrected chi connectivity index (χ4v) is 1.45. The summed E-state index contributed by atoms with van der Waals surface area (Å²) >= 11 is 0. The van der Waals surface area contributed by atoms with Crippen LogP contribution in [0.2, 0.25) is 0 Å². The number of hydrogen-bond acceptors (Lipinski definition) is 0. The molecule has 0 aliphatic carbocycles. The van der Waals surface area contributed by atoms with Gasteiger partial charge in [0.25, 0.3) is 0 Å². The Morgan fingerprint density at radius 3 is 1.27 bits per heavy atom. The molecule has 2 nitrogen and oxygen atoms in total. The van der Waals surface area contributed by atoms with E-state index in [0.29, 0.717) is 0 Å². The van der Waals surface area contributed by atoms with Crippen LogP contribution in [0.4, 0.5) is 0 Å². The van der Waals surface area contributed by atoms with Crippen molar-refractivity contribution < 1.29 is 10.2 Å². The molecule has 0 N–H and O–H groups in total. The summed E-state index contributed by atoms with van der Waals surface area (Å²) in [5.41, 5.74) is 2.15. The Morgan fingerprint density at radius 1 is 0.600 bits per heavy atom. The van der Waals surface area contributed by atoms with Gasteiger partial charge in [0.2, 0.25) is 0 Å². The van der Waals surface area contributed by atoms with Crippen LogP contribution < -0.4 is 0 Å². The normalized spacial score (nSPS) is 10.1. The van der Waals surface area contributed by atoms with Crippen molar-refractivity contribution >= 4 is 0 Å². The van der Waals surface area contributed by atoms with Crippen molar-refractivity contribution in [2.45, 2.75) is 6.42 Å². The van der Waals surface area contributed by atoms with E-state index in [1.54, 1.807) is 24.3 Å². The van der Waals surface area contributed by atoms with Crippen molar-refractivity contribution in [1.29, 1.82) is 0 Å². The smallest absolute Gasteiger partial charge is 0.178 e. The van der Waals surface area contributed by atoms with E-state index in [9.17, 15) is 10.2 Å². The van der Waals surface area contributed by atoms with Crippen LogP contribution in [0.5, 0.6) is 11.5 Å². The van der Waals surface area contributed by atoms with Crippen molar-refractivity contribution in [1.82, 2.24) is 0 Å². The molecule has 0 saturated carbocycles. The highest BCUT2D eigenvalue weighted by atomic mass is 16.3. The lowest BCUT2D eigenvalue weighted by molar-refractivity contribution is 0.354. The molecule has 2 heteroatoms. The minimum Gasteiger partial charge on any atom is -0.290 e. The van der Waals surface area contributed by atoms with Crippen LogP contribution in [0.25, 0.3) is 0 Å². The maximum Gasteiger partial charge on any atom is 0.178 e. The van der Waals surface area contributed by atoms with E-state index in [4.69, 9.17) is 0 Å². The number of rotatable bonds is 2. The molecule has 0 bridgehead atoms. The first-order valence-corrected chi connectivity index (χ1v) is 4.76. The summed E-state index contributed by atoms with van der Waals surface area (Å²) in [5.74, 6) is 0.0438. The van der Waals surface area contributed by atoms with E-state index in [1.807, 2.05) is 24.3 Å². The van der Waals surface area contributed by atoms with Gasteiger partial charge in [-0.3, -0.25) is 10.2 Å². The predicted octanol–water partition coefficient (Wildman–Crippen LogP) is 3.57. The molecule has 0 spiro atoms. The van der Waals surface area contributed by atoms with Crippen LogP contribution in [0.3, 0.4) is 0 Å². The van der Waals surface area contributed by atoms with E-state index >= 15 is 0 Å². The maximum atomic E-state index is 10.9. The topological polar surface area (TPSA) is 39.8 Å². The molecular formula is C13H10O2. The Hall–Kier alpha value is -1.96. The third-order valence-electron chi connectivity index (χ3n) is 2.25. The van der Waals surface area contributed by atoms with Crippen LogP contribution in [0.1, 0.15) is 11.1 Å². The SMILES string of the molecule is [O]c1ccc(Cc2ccc([O])cc2)cc1. The molecule has 2 aromatic rings. The van der Waals surface area contributed by atoms with Gasteiger partial charge >= 0.3 is 0 Å². The summed E-state index contributed by atoms with van der Waals surface area (Å²) in [6.07, 6.45) is 0.751. The van der Waals surface area contributed by atoms with E-state index in [1.165, 1.54) is 0 Å². The third-order valence-corrected chi connectivity index (χ3v) is 2.25. The van der Waals surface area contributed by atoms with Gasteiger partial charge < -0.3 is 0 Å². The lowest BCUT2D eigenvalue weighted by atomic mass is 10.1. The monoisotopic (exact) mass is 198 g/mol. The molecule has 0 aromatic heterocycles. The van der Waals surface area contributed by atoms with Crippen molar-refractivity contribution in [3.63, 3.8) is 0 Å². The first-order chi connectivity index (χ1) is 7.24. The van der Waals surface area contributed by atoms with Gasteiger partial charge in [-0.1, -0.05) is 24.3 Å². The van der Waals surface area contributed by atoms with Gasteiger partial charge in [-0.05, 0) is 41.8 Å². The highest BCUT2D eigenvalue weighted by molar-refractivity contribution is 5.32. The summed E-state index contributed by atoms with van der Waals surface area (Å²) in [6.45, 7) is 0. The van der Waals surface area contributed by atoms with Crippen LogP contribution in [-0.4, -0.2) is 0 Å². The Balaban J connectivity index is 2.15. The van der Waals surface area contributed by atoms with E-state index in [-0.39, 0.29) is 11.5 Å². The van der Waals surface area contributed by atoms with Crippen molar-refractivity contribution in [2.24, 2.45) is 0 Å². The zero-order chi connectivity index (χ0) is 10.7. The van der Waals surface area contributed by atoms with Gasteiger partial charge in [0.05, 0.1) is 0 Å². The van der Waals surface area contributed by atoms with Crippen molar-refractivity contribution in [3.05, 3.63) is 59.7 Å². The minimum atomic E-state index is 0.0219. The first-order valence-electron chi connectivity index (χ1n) is 4.76. The Bertz CT molecular complexity index is 386. The molecule has 2 rings (SSSR count). The minimum absolute atomic E-state index is 0.0219. The second-order valence-electron chi connectivity index (χ2n) is 3.46. The molecule has 0 aliphatic heterocycles. The summed E-state index contributed by atoms with van der Waals surface area (Å²) in [4.78, 5) is 0. The Labute approximate surface area is 88.4 Å². The molecule has 0 aliphatic rings.